The summed E-state index contributed by atoms with van der Waals surface area (Å²) in [6.45, 7) is 0.116. The molecule has 6 heteroatoms. The minimum atomic E-state index is -0.212. The van der Waals surface area contributed by atoms with Gasteiger partial charge in [-0.25, -0.2) is 14.6 Å². The molecule has 0 unspecified atom stereocenters. The average Bonchev–Trinajstić information content (AvgIpc) is 3.17. The van der Waals surface area contributed by atoms with Crippen LogP contribution in [0.4, 0.5) is 5.82 Å². The summed E-state index contributed by atoms with van der Waals surface area (Å²) in [5.74, 6) is 0.730. The minimum absolute atomic E-state index is 0.116. The number of aromatic nitrogens is 4. The van der Waals surface area contributed by atoms with Gasteiger partial charge in [-0.05, 0) is 25.0 Å². The number of nitrogens with zero attached hydrogens (tertiary/aromatic N) is 4. The van der Waals surface area contributed by atoms with Crippen LogP contribution in [0.25, 0.3) is 16.7 Å². The molecule has 6 nitrogen and oxygen atoms in total. The van der Waals surface area contributed by atoms with Crippen LogP contribution in [0.1, 0.15) is 12.8 Å². The first-order chi connectivity index (χ1) is 10.3. The molecule has 0 spiro atoms. The first kappa shape index (κ1) is 12.3. The summed E-state index contributed by atoms with van der Waals surface area (Å²) in [4.78, 5) is 8.64. The van der Waals surface area contributed by atoms with E-state index in [1.54, 1.807) is 10.9 Å². The van der Waals surface area contributed by atoms with Crippen molar-refractivity contribution in [2.24, 2.45) is 0 Å². The van der Waals surface area contributed by atoms with Crippen molar-refractivity contribution in [3.63, 3.8) is 0 Å². The highest BCUT2D eigenvalue weighted by Gasteiger charge is 2.42. The number of aliphatic hydroxyl groups is 1. The Hall–Kier alpha value is -2.47. The third kappa shape index (κ3) is 2.04. The lowest BCUT2D eigenvalue weighted by atomic mass is 10.2. The van der Waals surface area contributed by atoms with Crippen LogP contribution in [-0.4, -0.2) is 37.0 Å². The molecule has 2 heterocycles. The molecule has 2 aromatic heterocycles. The van der Waals surface area contributed by atoms with Crippen LogP contribution in [0.5, 0.6) is 0 Å². The Morgan fingerprint density at radius 3 is 2.71 bits per heavy atom. The highest BCUT2D eigenvalue weighted by atomic mass is 16.3. The molecular formula is C15H15N5O. The van der Waals surface area contributed by atoms with Gasteiger partial charge in [0.25, 0.3) is 0 Å². The molecule has 0 amide bonds. The second kappa shape index (κ2) is 4.53. The Morgan fingerprint density at radius 1 is 1.19 bits per heavy atom. The second-order valence-corrected chi connectivity index (χ2v) is 5.41. The smallest absolute Gasteiger partial charge is 0.168 e. The van der Waals surface area contributed by atoms with Crippen LogP contribution >= 0.6 is 0 Å². The van der Waals surface area contributed by atoms with Gasteiger partial charge in [0, 0.05) is 0 Å². The summed E-state index contributed by atoms with van der Waals surface area (Å²) in [6.07, 6.45) is 5.21. The van der Waals surface area contributed by atoms with Gasteiger partial charge in [0.1, 0.15) is 12.1 Å². The zero-order valence-electron chi connectivity index (χ0n) is 11.4. The van der Waals surface area contributed by atoms with Gasteiger partial charge in [0.15, 0.2) is 5.65 Å². The van der Waals surface area contributed by atoms with Crippen molar-refractivity contribution in [1.29, 1.82) is 0 Å². The van der Waals surface area contributed by atoms with Gasteiger partial charge in [-0.15, -0.1) is 0 Å². The third-order valence-electron chi connectivity index (χ3n) is 3.91. The highest BCUT2D eigenvalue weighted by molar-refractivity contribution is 5.87. The zero-order chi connectivity index (χ0) is 14.3. The molecule has 0 bridgehead atoms. The molecule has 1 saturated carbocycles. The van der Waals surface area contributed by atoms with Gasteiger partial charge < -0.3 is 10.4 Å². The number of fused-ring (bicyclic) bond motifs is 1. The van der Waals surface area contributed by atoms with Gasteiger partial charge in [-0.1, -0.05) is 18.2 Å². The molecular weight excluding hydrogens is 266 g/mol. The van der Waals surface area contributed by atoms with E-state index in [0.29, 0.717) is 0 Å². The Kier molecular flexibility index (Phi) is 2.65. The third-order valence-corrected chi connectivity index (χ3v) is 3.91. The van der Waals surface area contributed by atoms with E-state index >= 15 is 0 Å². The van der Waals surface area contributed by atoms with Crippen molar-refractivity contribution in [2.75, 3.05) is 11.9 Å². The van der Waals surface area contributed by atoms with E-state index in [2.05, 4.69) is 20.4 Å². The number of anilines is 1. The normalized spacial score (nSPS) is 16.0. The number of aliphatic hydroxyl groups excluding tert-OH is 1. The van der Waals surface area contributed by atoms with Gasteiger partial charge in [-0.3, -0.25) is 0 Å². The predicted molar refractivity (Wildman–Crippen MR) is 79.3 cm³/mol. The van der Waals surface area contributed by atoms with E-state index in [0.717, 1.165) is 35.4 Å². The Bertz CT molecular complexity index is 779. The van der Waals surface area contributed by atoms with Crippen molar-refractivity contribution in [2.45, 2.75) is 18.4 Å². The summed E-state index contributed by atoms with van der Waals surface area (Å²) in [5, 5.41) is 18.1. The Balaban J connectivity index is 1.80. The van der Waals surface area contributed by atoms with Gasteiger partial charge in [0.05, 0.1) is 29.4 Å². The second-order valence-electron chi connectivity index (χ2n) is 5.41. The number of benzene rings is 1. The fourth-order valence-electron chi connectivity index (χ4n) is 2.43. The molecule has 106 valence electrons. The van der Waals surface area contributed by atoms with Crippen molar-refractivity contribution in [3.05, 3.63) is 42.9 Å². The fourth-order valence-corrected chi connectivity index (χ4v) is 2.43. The van der Waals surface area contributed by atoms with Crippen LogP contribution < -0.4 is 5.32 Å². The maximum absolute atomic E-state index is 9.45. The van der Waals surface area contributed by atoms with Crippen molar-refractivity contribution < 1.29 is 5.11 Å². The molecule has 1 aliphatic rings. The number of nitrogens with one attached hydrogen (secondary N) is 1. The molecule has 0 radical (unpaired) electrons. The molecule has 4 rings (SSSR count). The highest BCUT2D eigenvalue weighted by Crippen LogP contribution is 2.39. The monoisotopic (exact) mass is 281 g/mol. The molecule has 0 saturated heterocycles. The molecule has 3 aromatic rings. The van der Waals surface area contributed by atoms with Gasteiger partial charge >= 0.3 is 0 Å². The summed E-state index contributed by atoms with van der Waals surface area (Å²) in [7, 11) is 0. The summed E-state index contributed by atoms with van der Waals surface area (Å²) in [6, 6.07) is 9.87. The van der Waals surface area contributed by atoms with E-state index in [-0.39, 0.29) is 12.1 Å². The molecule has 21 heavy (non-hydrogen) atoms. The lowest BCUT2D eigenvalue weighted by Gasteiger charge is -2.15. The first-order valence-corrected chi connectivity index (χ1v) is 6.95. The van der Waals surface area contributed by atoms with Crippen LogP contribution in [0.15, 0.2) is 42.9 Å². The minimum Gasteiger partial charge on any atom is -0.394 e. The van der Waals surface area contributed by atoms with Crippen molar-refractivity contribution in [1.82, 2.24) is 19.7 Å². The van der Waals surface area contributed by atoms with Crippen LogP contribution in [0.2, 0.25) is 0 Å². The number of hydrogen-bond donors (Lipinski definition) is 2. The van der Waals surface area contributed by atoms with Crippen LogP contribution in [0, 0.1) is 0 Å². The molecule has 2 N–H and O–H groups in total. The summed E-state index contributed by atoms with van der Waals surface area (Å²) in [5.41, 5.74) is 1.50. The van der Waals surface area contributed by atoms with E-state index in [1.165, 1.54) is 6.33 Å². The number of para-hydroxylation sites is 1. The zero-order valence-corrected chi connectivity index (χ0v) is 11.4. The molecule has 1 fully saturated rings. The number of hydrogen-bond acceptors (Lipinski definition) is 5. The topological polar surface area (TPSA) is 75.9 Å². The van der Waals surface area contributed by atoms with E-state index in [1.807, 2.05) is 30.3 Å². The molecule has 0 aliphatic heterocycles. The maximum atomic E-state index is 9.45. The van der Waals surface area contributed by atoms with Gasteiger partial charge in [-0.2, -0.15) is 5.10 Å². The van der Waals surface area contributed by atoms with Crippen molar-refractivity contribution >= 4 is 16.9 Å². The largest absolute Gasteiger partial charge is 0.394 e. The summed E-state index contributed by atoms with van der Waals surface area (Å²) >= 11 is 0. The first-order valence-electron chi connectivity index (χ1n) is 6.95. The quantitative estimate of drug-likeness (QED) is 0.762. The van der Waals surface area contributed by atoms with Gasteiger partial charge in [0.2, 0.25) is 0 Å². The van der Waals surface area contributed by atoms with E-state index < -0.39 is 0 Å². The molecule has 1 aromatic carbocycles. The average molecular weight is 281 g/mol. The predicted octanol–water partition coefficient (Wildman–Crippen LogP) is 1.75. The fraction of sp³-hybridized carbons (Fsp3) is 0.267. The molecule has 1 aliphatic carbocycles. The lowest BCUT2D eigenvalue weighted by molar-refractivity contribution is 0.266. The standard InChI is InChI=1S/C15H15N5O/c21-9-15(6-7-15)19-13-12-8-18-20(14(12)17-10-16-13)11-4-2-1-3-5-11/h1-5,8,10,21H,6-7,9H2,(H,16,17,19). The van der Waals surface area contributed by atoms with E-state index in [9.17, 15) is 5.11 Å². The Morgan fingerprint density at radius 2 is 2.00 bits per heavy atom. The maximum Gasteiger partial charge on any atom is 0.168 e. The van der Waals surface area contributed by atoms with E-state index in [4.69, 9.17) is 0 Å². The molecule has 0 atom stereocenters. The lowest BCUT2D eigenvalue weighted by Crippen LogP contribution is -2.26. The van der Waals surface area contributed by atoms with Crippen LogP contribution in [-0.2, 0) is 0 Å². The van der Waals surface area contributed by atoms with Crippen molar-refractivity contribution in [3.8, 4) is 5.69 Å². The SMILES string of the molecule is OCC1(Nc2ncnc3c2cnn3-c2ccccc2)CC1. The van der Waals surface area contributed by atoms with Crippen LogP contribution in [0.3, 0.4) is 0 Å². The number of rotatable bonds is 4. The Labute approximate surface area is 121 Å². The summed E-state index contributed by atoms with van der Waals surface area (Å²) < 4.78 is 1.79.